The summed E-state index contributed by atoms with van der Waals surface area (Å²) in [6.07, 6.45) is -0.380. The number of carbonyl (C=O) groups is 3. The number of aromatic nitrogens is 2. The number of carboxylic acid groups (broad SMARTS) is 1. The Morgan fingerprint density at radius 3 is 2.24 bits per heavy atom. The minimum atomic E-state index is -1.20. The second-order valence-electron chi connectivity index (χ2n) is 7.76. The molecule has 9 heteroatoms. The molecule has 0 saturated heterocycles. The van der Waals surface area contributed by atoms with Crippen molar-refractivity contribution in [2.45, 2.75) is 25.3 Å². The Morgan fingerprint density at radius 1 is 1.09 bits per heavy atom. The lowest BCUT2D eigenvalue weighted by Gasteiger charge is -2.18. The van der Waals surface area contributed by atoms with Crippen molar-refractivity contribution < 1.29 is 24.2 Å². The maximum absolute atomic E-state index is 12.6. The highest BCUT2D eigenvalue weighted by atomic mass is 16.5. The number of anilines is 1. The number of benzene rings is 2. The Hall–Kier alpha value is -4.14. The van der Waals surface area contributed by atoms with E-state index < -0.39 is 24.0 Å². The average Bonchev–Trinajstić information content (AvgIpc) is 3.34. The minimum absolute atomic E-state index is 0.0825. The second kappa shape index (κ2) is 9.15. The summed E-state index contributed by atoms with van der Waals surface area (Å²) in [5, 5.41) is 18.0. The molecule has 3 N–H and O–H groups in total. The van der Waals surface area contributed by atoms with Crippen molar-refractivity contribution in [2.24, 2.45) is 7.05 Å². The Kier molecular flexibility index (Phi) is 6.12. The molecular formula is C24H24N4O5. The molecular weight excluding hydrogens is 424 g/mol. The van der Waals surface area contributed by atoms with Crippen molar-refractivity contribution in [3.8, 4) is 11.1 Å². The van der Waals surface area contributed by atoms with E-state index in [1.54, 1.807) is 6.92 Å². The summed E-state index contributed by atoms with van der Waals surface area (Å²) >= 11 is 0. The molecule has 9 nitrogen and oxygen atoms in total. The van der Waals surface area contributed by atoms with Gasteiger partial charge in [0.1, 0.15) is 18.5 Å². The third-order valence-corrected chi connectivity index (χ3v) is 5.71. The van der Waals surface area contributed by atoms with E-state index in [9.17, 15) is 14.4 Å². The van der Waals surface area contributed by atoms with Gasteiger partial charge in [-0.1, -0.05) is 55.5 Å². The van der Waals surface area contributed by atoms with Crippen molar-refractivity contribution >= 4 is 23.8 Å². The molecule has 1 heterocycles. The molecule has 1 atom stereocenters. The molecule has 170 valence electrons. The van der Waals surface area contributed by atoms with E-state index in [-0.39, 0.29) is 24.0 Å². The first-order chi connectivity index (χ1) is 15.9. The number of nitrogens with zero attached hydrogens (tertiary/aromatic N) is 2. The van der Waals surface area contributed by atoms with Gasteiger partial charge in [-0.3, -0.25) is 9.48 Å². The zero-order chi connectivity index (χ0) is 23.5. The maximum Gasteiger partial charge on any atom is 0.407 e. The van der Waals surface area contributed by atoms with E-state index in [0.29, 0.717) is 6.42 Å². The van der Waals surface area contributed by atoms with Crippen LogP contribution in [0.4, 0.5) is 10.6 Å². The average molecular weight is 448 g/mol. The molecule has 0 aliphatic heterocycles. The van der Waals surface area contributed by atoms with Crippen LogP contribution >= 0.6 is 0 Å². The van der Waals surface area contributed by atoms with Gasteiger partial charge in [0.15, 0.2) is 5.69 Å². The van der Waals surface area contributed by atoms with Crippen LogP contribution in [0.25, 0.3) is 11.1 Å². The van der Waals surface area contributed by atoms with Gasteiger partial charge in [0.25, 0.3) is 0 Å². The Morgan fingerprint density at radius 2 is 1.70 bits per heavy atom. The zero-order valence-electron chi connectivity index (χ0n) is 18.2. The van der Waals surface area contributed by atoms with Crippen LogP contribution in [0.5, 0.6) is 0 Å². The number of hydrogen-bond donors (Lipinski definition) is 3. The highest BCUT2D eigenvalue weighted by molar-refractivity contribution is 5.97. The van der Waals surface area contributed by atoms with E-state index in [0.717, 1.165) is 22.3 Å². The number of carbonyl (C=O) groups excluding carboxylic acids is 2. The van der Waals surface area contributed by atoms with Crippen LogP contribution in [0.15, 0.2) is 54.6 Å². The van der Waals surface area contributed by atoms with E-state index in [1.807, 2.05) is 36.4 Å². The summed E-state index contributed by atoms with van der Waals surface area (Å²) in [7, 11) is 1.52. The molecule has 1 aliphatic carbocycles. The predicted molar refractivity (Wildman–Crippen MR) is 121 cm³/mol. The molecule has 0 radical (unpaired) electrons. The van der Waals surface area contributed by atoms with Gasteiger partial charge >= 0.3 is 12.1 Å². The smallest absolute Gasteiger partial charge is 0.407 e. The maximum atomic E-state index is 12.6. The van der Waals surface area contributed by atoms with Crippen LogP contribution in [0, 0.1) is 0 Å². The number of aryl methyl sites for hydroxylation is 1. The van der Waals surface area contributed by atoms with Crippen molar-refractivity contribution in [1.82, 2.24) is 15.1 Å². The fourth-order valence-electron chi connectivity index (χ4n) is 4.04. The van der Waals surface area contributed by atoms with Gasteiger partial charge in [-0.2, -0.15) is 5.10 Å². The Labute approximate surface area is 190 Å². The van der Waals surface area contributed by atoms with Gasteiger partial charge in [0.05, 0.1) is 0 Å². The van der Waals surface area contributed by atoms with Crippen LogP contribution in [0.3, 0.4) is 0 Å². The molecule has 33 heavy (non-hydrogen) atoms. The molecule has 0 spiro atoms. The highest BCUT2D eigenvalue weighted by Crippen LogP contribution is 2.44. The molecule has 2 amide bonds. The Balaban J connectivity index is 1.39. The van der Waals surface area contributed by atoms with Gasteiger partial charge in [-0.05, 0) is 28.7 Å². The lowest BCUT2D eigenvalue weighted by Crippen LogP contribution is -2.44. The minimum Gasteiger partial charge on any atom is -0.476 e. The van der Waals surface area contributed by atoms with Crippen LogP contribution in [0.1, 0.15) is 40.9 Å². The van der Waals surface area contributed by atoms with Crippen molar-refractivity contribution in [1.29, 1.82) is 0 Å². The topological polar surface area (TPSA) is 123 Å². The van der Waals surface area contributed by atoms with Gasteiger partial charge in [-0.25, -0.2) is 9.59 Å². The lowest BCUT2D eigenvalue weighted by molar-refractivity contribution is -0.118. The van der Waals surface area contributed by atoms with Crippen LogP contribution in [-0.4, -0.2) is 45.5 Å². The summed E-state index contributed by atoms with van der Waals surface area (Å²) in [6, 6.07) is 16.5. The molecule has 0 unspecified atom stereocenters. The first kappa shape index (κ1) is 22.1. The molecule has 0 saturated carbocycles. The number of rotatable bonds is 7. The largest absolute Gasteiger partial charge is 0.476 e. The number of aromatic carboxylic acids is 1. The summed E-state index contributed by atoms with van der Waals surface area (Å²) in [5.41, 5.74) is 4.27. The number of hydrogen-bond acceptors (Lipinski definition) is 5. The number of amides is 2. The number of nitrogens with one attached hydrogen (secondary N) is 2. The van der Waals surface area contributed by atoms with Crippen molar-refractivity contribution in [3.05, 3.63) is 71.4 Å². The quantitative estimate of drug-likeness (QED) is 0.509. The molecule has 1 aliphatic rings. The van der Waals surface area contributed by atoms with Crippen LogP contribution < -0.4 is 10.6 Å². The number of fused-ring (bicyclic) bond motifs is 3. The van der Waals surface area contributed by atoms with E-state index in [4.69, 9.17) is 9.84 Å². The zero-order valence-corrected chi connectivity index (χ0v) is 18.2. The molecule has 0 bridgehead atoms. The summed E-state index contributed by atoms with van der Waals surface area (Å²) in [5.74, 6) is -1.56. The number of alkyl carbamates (subject to hydrolysis) is 1. The number of carboxylic acids is 1. The fourth-order valence-corrected chi connectivity index (χ4v) is 4.04. The van der Waals surface area contributed by atoms with Crippen molar-refractivity contribution in [3.63, 3.8) is 0 Å². The van der Waals surface area contributed by atoms with Crippen LogP contribution in [0.2, 0.25) is 0 Å². The number of ether oxygens (including phenoxy) is 1. The van der Waals surface area contributed by atoms with E-state index >= 15 is 0 Å². The molecule has 0 fully saturated rings. The first-order valence-corrected chi connectivity index (χ1v) is 10.6. The Bertz CT molecular complexity index is 1170. The SMILES string of the molecule is CC[C@H](NC(=O)OCC1c2ccccc2-c2ccccc21)C(=O)Nc1cc(C(=O)O)nn1C. The monoisotopic (exact) mass is 448 g/mol. The highest BCUT2D eigenvalue weighted by Gasteiger charge is 2.29. The third-order valence-electron chi connectivity index (χ3n) is 5.71. The first-order valence-electron chi connectivity index (χ1n) is 10.6. The van der Waals surface area contributed by atoms with Crippen molar-refractivity contribution in [2.75, 3.05) is 11.9 Å². The van der Waals surface area contributed by atoms with Gasteiger partial charge in [0, 0.05) is 19.0 Å². The van der Waals surface area contributed by atoms with E-state index in [2.05, 4.69) is 27.9 Å². The standard InChI is InChI=1S/C24H24N4O5/c1-3-19(22(29)26-21-12-20(23(30)31)27-28(21)2)25-24(32)33-13-18-16-10-6-4-8-14(16)15-9-5-7-11-17(15)18/h4-12,18-19H,3,13H2,1-2H3,(H,25,32)(H,26,29)(H,30,31)/t19-/m0/s1. The molecule has 4 rings (SSSR count). The summed E-state index contributed by atoms with van der Waals surface area (Å²) in [6.45, 7) is 1.89. The van der Waals surface area contributed by atoms with Gasteiger partial charge < -0.3 is 20.5 Å². The lowest BCUT2D eigenvalue weighted by atomic mass is 9.98. The predicted octanol–water partition coefficient (Wildman–Crippen LogP) is 3.37. The normalized spacial score (nSPS) is 13.0. The summed E-state index contributed by atoms with van der Waals surface area (Å²) in [4.78, 5) is 36.2. The molecule has 1 aromatic heterocycles. The van der Waals surface area contributed by atoms with Gasteiger partial charge in [-0.15, -0.1) is 0 Å². The summed E-state index contributed by atoms with van der Waals surface area (Å²) < 4.78 is 6.76. The van der Waals surface area contributed by atoms with Crippen LogP contribution in [-0.2, 0) is 16.6 Å². The molecule has 3 aromatic rings. The second-order valence-corrected chi connectivity index (χ2v) is 7.76. The van der Waals surface area contributed by atoms with Gasteiger partial charge in [0.2, 0.25) is 5.91 Å². The fraction of sp³-hybridized carbons (Fsp3) is 0.250. The van der Waals surface area contributed by atoms with E-state index in [1.165, 1.54) is 17.8 Å². The third kappa shape index (κ3) is 4.43. The molecule has 2 aromatic carbocycles.